The largest absolute Gasteiger partial charge is 0.370 e. The lowest BCUT2D eigenvalue weighted by Gasteiger charge is -2.33. The number of imidazole rings is 1. The first-order valence-electron chi connectivity index (χ1n) is 8.96. The summed E-state index contributed by atoms with van der Waals surface area (Å²) in [6.07, 6.45) is 4.19. The van der Waals surface area contributed by atoms with Gasteiger partial charge in [0.05, 0.1) is 24.4 Å². The Morgan fingerprint density at radius 1 is 1.24 bits per heavy atom. The molecule has 148 valence electrons. The molecule has 0 saturated carbocycles. The molecule has 29 heavy (non-hydrogen) atoms. The van der Waals surface area contributed by atoms with Gasteiger partial charge in [0, 0.05) is 30.6 Å². The van der Waals surface area contributed by atoms with Crippen LogP contribution in [0.25, 0.3) is 5.69 Å². The maximum Gasteiger partial charge on any atom is 0.294 e. The molecule has 4 rings (SSSR count). The monoisotopic (exact) mass is 396 g/mol. The Morgan fingerprint density at radius 2 is 2.03 bits per heavy atom. The fourth-order valence-electron chi connectivity index (χ4n) is 3.32. The zero-order valence-corrected chi connectivity index (χ0v) is 15.3. The highest BCUT2D eigenvalue weighted by Crippen LogP contribution is 2.27. The number of aromatic nitrogens is 2. The van der Waals surface area contributed by atoms with Crippen LogP contribution in [0.2, 0.25) is 0 Å². The smallest absolute Gasteiger partial charge is 0.294 e. The van der Waals surface area contributed by atoms with Crippen LogP contribution >= 0.6 is 0 Å². The van der Waals surface area contributed by atoms with E-state index in [2.05, 4.69) is 4.98 Å². The minimum atomic E-state index is -0.521. The van der Waals surface area contributed by atoms with Gasteiger partial charge in [-0.05, 0) is 29.8 Å². The van der Waals surface area contributed by atoms with Crippen LogP contribution in [0.3, 0.4) is 0 Å². The molecule has 1 aromatic heterocycles. The summed E-state index contributed by atoms with van der Waals surface area (Å²) in [5.74, 6) is -0.663. The highest BCUT2D eigenvalue weighted by molar-refractivity contribution is 5.95. The third-order valence-corrected chi connectivity index (χ3v) is 4.80. The average molecular weight is 396 g/mol. The van der Waals surface area contributed by atoms with E-state index in [0.29, 0.717) is 18.8 Å². The molecule has 2 heterocycles. The van der Waals surface area contributed by atoms with Gasteiger partial charge in [-0.25, -0.2) is 9.37 Å². The second kappa shape index (κ2) is 7.80. The predicted octanol–water partition coefficient (Wildman–Crippen LogP) is 3.13. The summed E-state index contributed by atoms with van der Waals surface area (Å²) in [6, 6.07) is 10.3. The number of carbonyl (C=O) groups excluding carboxylic acids is 1. The van der Waals surface area contributed by atoms with Gasteiger partial charge in [-0.3, -0.25) is 14.9 Å². The number of carbonyl (C=O) groups is 1. The second-order valence-electron chi connectivity index (χ2n) is 6.59. The molecule has 8 nitrogen and oxygen atoms in total. The quantitative estimate of drug-likeness (QED) is 0.499. The molecule has 0 aliphatic carbocycles. The highest BCUT2D eigenvalue weighted by atomic mass is 19.1. The Balaban J connectivity index is 1.58. The number of nitrogens with zero attached hydrogens (tertiary/aromatic N) is 4. The van der Waals surface area contributed by atoms with Crippen molar-refractivity contribution in [3.63, 3.8) is 0 Å². The SMILES string of the molecule is O=C(c1ccc(-n2ccnc2)c([N+](=O)[O-])c1)N1CCOC(c2ccc(F)cc2)C1. The lowest BCUT2D eigenvalue weighted by atomic mass is 10.1. The van der Waals surface area contributed by atoms with E-state index in [0.717, 1.165) is 5.56 Å². The van der Waals surface area contributed by atoms with Crippen molar-refractivity contribution in [1.29, 1.82) is 0 Å². The number of morpholine rings is 1. The summed E-state index contributed by atoms with van der Waals surface area (Å²) >= 11 is 0. The van der Waals surface area contributed by atoms with Crippen LogP contribution in [-0.2, 0) is 4.74 Å². The molecule has 1 unspecified atom stereocenters. The molecule has 1 aliphatic rings. The number of rotatable bonds is 4. The first kappa shape index (κ1) is 18.8. The lowest BCUT2D eigenvalue weighted by Crippen LogP contribution is -2.42. The van der Waals surface area contributed by atoms with Crippen LogP contribution in [0.1, 0.15) is 22.0 Å². The number of benzene rings is 2. The summed E-state index contributed by atoms with van der Waals surface area (Å²) in [7, 11) is 0. The molecule has 1 saturated heterocycles. The summed E-state index contributed by atoms with van der Waals surface area (Å²) in [4.78, 5) is 29.5. The number of halogens is 1. The minimum Gasteiger partial charge on any atom is -0.370 e. The van der Waals surface area contributed by atoms with Crippen LogP contribution in [0.15, 0.2) is 61.2 Å². The van der Waals surface area contributed by atoms with Crippen molar-refractivity contribution in [3.05, 3.63) is 88.2 Å². The normalized spacial score (nSPS) is 16.6. The number of hydrogen-bond acceptors (Lipinski definition) is 5. The fraction of sp³-hybridized carbons (Fsp3) is 0.200. The topological polar surface area (TPSA) is 90.5 Å². The molecule has 2 aromatic carbocycles. The number of amides is 1. The van der Waals surface area contributed by atoms with E-state index >= 15 is 0 Å². The molecule has 0 N–H and O–H groups in total. The van der Waals surface area contributed by atoms with Crippen molar-refractivity contribution in [2.75, 3.05) is 19.7 Å². The third kappa shape index (κ3) is 3.85. The van der Waals surface area contributed by atoms with Crippen molar-refractivity contribution in [3.8, 4) is 5.69 Å². The maximum absolute atomic E-state index is 13.2. The highest BCUT2D eigenvalue weighted by Gasteiger charge is 2.28. The Bertz CT molecular complexity index is 1040. The zero-order chi connectivity index (χ0) is 20.4. The van der Waals surface area contributed by atoms with E-state index < -0.39 is 4.92 Å². The zero-order valence-electron chi connectivity index (χ0n) is 15.3. The first-order chi connectivity index (χ1) is 14.0. The molecule has 0 spiro atoms. The average Bonchev–Trinajstić information content (AvgIpc) is 3.28. The summed E-state index contributed by atoms with van der Waals surface area (Å²) in [5.41, 5.74) is 1.14. The van der Waals surface area contributed by atoms with Gasteiger partial charge in [0.25, 0.3) is 11.6 Å². The van der Waals surface area contributed by atoms with Crippen LogP contribution in [0.4, 0.5) is 10.1 Å². The van der Waals surface area contributed by atoms with E-state index in [1.54, 1.807) is 29.3 Å². The number of nitro groups is 1. The standard InChI is InChI=1S/C20H17FN4O4/c21-16-4-1-14(2-5-16)19-12-23(9-10-29-19)20(26)15-3-6-17(18(11-15)25(27)28)24-8-7-22-13-24/h1-8,11,13,19H,9-10,12H2. The molecule has 1 amide bonds. The van der Waals surface area contributed by atoms with Gasteiger partial charge in [0.15, 0.2) is 0 Å². The van der Waals surface area contributed by atoms with Gasteiger partial charge in [0.2, 0.25) is 0 Å². The van der Waals surface area contributed by atoms with Gasteiger partial charge in [-0.15, -0.1) is 0 Å². The minimum absolute atomic E-state index is 0.183. The van der Waals surface area contributed by atoms with Crippen LogP contribution < -0.4 is 0 Å². The molecule has 1 aliphatic heterocycles. The van der Waals surface area contributed by atoms with Crippen molar-refractivity contribution in [1.82, 2.24) is 14.5 Å². The van der Waals surface area contributed by atoms with Crippen molar-refractivity contribution < 1.29 is 18.8 Å². The van der Waals surface area contributed by atoms with Gasteiger partial charge < -0.3 is 14.2 Å². The lowest BCUT2D eigenvalue weighted by molar-refractivity contribution is -0.384. The molecule has 1 atom stereocenters. The Hall–Kier alpha value is -3.59. The maximum atomic E-state index is 13.2. The van der Waals surface area contributed by atoms with Crippen molar-refractivity contribution >= 4 is 11.6 Å². The summed E-state index contributed by atoms with van der Waals surface area (Å²) in [5, 5.41) is 11.5. The van der Waals surface area contributed by atoms with Crippen LogP contribution in [-0.4, -0.2) is 45.0 Å². The predicted molar refractivity (Wildman–Crippen MR) is 101 cm³/mol. The Kier molecular flexibility index (Phi) is 5.05. The number of ether oxygens (including phenoxy) is 1. The van der Waals surface area contributed by atoms with Crippen molar-refractivity contribution in [2.45, 2.75) is 6.10 Å². The van der Waals surface area contributed by atoms with Gasteiger partial charge in [0.1, 0.15) is 17.6 Å². The molecule has 1 fully saturated rings. The van der Waals surface area contributed by atoms with Crippen LogP contribution in [0, 0.1) is 15.9 Å². The molecular formula is C20H17FN4O4. The number of hydrogen-bond donors (Lipinski definition) is 0. The first-order valence-corrected chi connectivity index (χ1v) is 8.96. The fourth-order valence-corrected chi connectivity index (χ4v) is 3.32. The van der Waals surface area contributed by atoms with Gasteiger partial charge >= 0.3 is 0 Å². The van der Waals surface area contributed by atoms with Gasteiger partial charge in [-0.1, -0.05) is 12.1 Å². The van der Waals surface area contributed by atoms with E-state index in [4.69, 9.17) is 4.74 Å². The van der Waals surface area contributed by atoms with E-state index in [1.165, 1.54) is 41.4 Å². The molecule has 0 radical (unpaired) electrons. The van der Waals surface area contributed by atoms with E-state index in [9.17, 15) is 19.3 Å². The van der Waals surface area contributed by atoms with Crippen molar-refractivity contribution in [2.24, 2.45) is 0 Å². The summed E-state index contributed by atoms with van der Waals surface area (Å²) < 4.78 is 20.4. The second-order valence-corrected chi connectivity index (χ2v) is 6.59. The summed E-state index contributed by atoms with van der Waals surface area (Å²) in [6.45, 7) is 0.970. The van der Waals surface area contributed by atoms with E-state index in [-0.39, 0.29) is 35.6 Å². The van der Waals surface area contributed by atoms with Gasteiger partial charge in [-0.2, -0.15) is 0 Å². The molecule has 0 bridgehead atoms. The Labute approximate surface area is 165 Å². The van der Waals surface area contributed by atoms with E-state index in [1.807, 2.05) is 0 Å². The van der Waals surface area contributed by atoms with Crippen LogP contribution in [0.5, 0.6) is 0 Å². The third-order valence-electron chi connectivity index (χ3n) is 4.80. The molecule has 3 aromatic rings. The molecule has 9 heteroatoms. The Morgan fingerprint density at radius 3 is 2.72 bits per heavy atom. The number of nitro benzene ring substituents is 1. The molecular weight excluding hydrogens is 379 g/mol.